The first-order valence-corrected chi connectivity index (χ1v) is 6.52. The normalized spacial score (nSPS) is 11.5. The van der Waals surface area contributed by atoms with Gasteiger partial charge in [-0.05, 0) is 37.1 Å². The van der Waals surface area contributed by atoms with Gasteiger partial charge >= 0.3 is 0 Å². The summed E-state index contributed by atoms with van der Waals surface area (Å²) in [5.41, 5.74) is 9.61. The molecule has 0 aromatic heterocycles. The Morgan fingerprint density at radius 2 is 1.75 bits per heavy atom. The SMILES string of the molecule is C[C@@H](O)c1ccccc1NCCc1ccc(N)cc1.Cl. The van der Waals surface area contributed by atoms with Gasteiger partial charge in [0, 0.05) is 23.5 Å². The molecule has 0 aliphatic carbocycles. The molecule has 108 valence electrons. The van der Waals surface area contributed by atoms with Crippen molar-refractivity contribution in [2.75, 3.05) is 17.6 Å². The minimum Gasteiger partial charge on any atom is -0.399 e. The average Bonchev–Trinajstić information content (AvgIpc) is 2.41. The third-order valence-electron chi connectivity index (χ3n) is 3.12. The number of hydrogen-bond donors (Lipinski definition) is 3. The molecule has 2 aromatic carbocycles. The number of aliphatic hydroxyl groups is 1. The molecule has 4 heteroatoms. The molecule has 0 saturated carbocycles. The molecule has 20 heavy (non-hydrogen) atoms. The molecule has 4 N–H and O–H groups in total. The van der Waals surface area contributed by atoms with Crippen molar-refractivity contribution in [3.8, 4) is 0 Å². The minimum absolute atomic E-state index is 0. The third kappa shape index (κ3) is 4.44. The van der Waals surface area contributed by atoms with Crippen LogP contribution in [0.15, 0.2) is 48.5 Å². The maximum absolute atomic E-state index is 9.70. The van der Waals surface area contributed by atoms with Crippen molar-refractivity contribution in [1.82, 2.24) is 0 Å². The van der Waals surface area contributed by atoms with Gasteiger partial charge in [0.15, 0.2) is 0 Å². The molecule has 0 aliphatic rings. The average molecular weight is 293 g/mol. The molecule has 0 aliphatic heterocycles. The van der Waals surface area contributed by atoms with Crippen LogP contribution in [0.3, 0.4) is 0 Å². The number of para-hydroxylation sites is 1. The number of nitrogens with one attached hydrogen (secondary N) is 1. The Morgan fingerprint density at radius 1 is 1.10 bits per heavy atom. The number of hydrogen-bond acceptors (Lipinski definition) is 3. The van der Waals surface area contributed by atoms with Crippen molar-refractivity contribution in [1.29, 1.82) is 0 Å². The second-order valence-electron chi connectivity index (χ2n) is 4.68. The summed E-state index contributed by atoms with van der Waals surface area (Å²) >= 11 is 0. The quantitative estimate of drug-likeness (QED) is 0.740. The van der Waals surface area contributed by atoms with E-state index >= 15 is 0 Å². The van der Waals surface area contributed by atoms with Crippen LogP contribution in [-0.2, 0) is 6.42 Å². The number of benzene rings is 2. The van der Waals surface area contributed by atoms with Crippen molar-refractivity contribution in [3.05, 3.63) is 59.7 Å². The van der Waals surface area contributed by atoms with Crippen LogP contribution in [0.4, 0.5) is 11.4 Å². The molecule has 0 bridgehead atoms. The van der Waals surface area contributed by atoms with Crippen LogP contribution in [0.5, 0.6) is 0 Å². The van der Waals surface area contributed by atoms with E-state index in [1.54, 1.807) is 6.92 Å². The Kier molecular flexibility index (Phi) is 6.36. The highest BCUT2D eigenvalue weighted by Crippen LogP contribution is 2.22. The lowest BCUT2D eigenvalue weighted by atomic mass is 10.1. The number of nitrogen functional groups attached to an aromatic ring is 1. The van der Waals surface area contributed by atoms with Crippen LogP contribution in [-0.4, -0.2) is 11.7 Å². The molecule has 0 saturated heterocycles. The molecule has 2 rings (SSSR count). The maximum atomic E-state index is 9.70. The van der Waals surface area contributed by atoms with Gasteiger partial charge in [0.1, 0.15) is 0 Å². The first-order chi connectivity index (χ1) is 9.16. The van der Waals surface area contributed by atoms with E-state index in [-0.39, 0.29) is 12.4 Å². The van der Waals surface area contributed by atoms with E-state index in [0.717, 1.165) is 29.9 Å². The van der Waals surface area contributed by atoms with Crippen LogP contribution < -0.4 is 11.1 Å². The summed E-state index contributed by atoms with van der Waals surface area (Å²) in [6.07, 6.45) is 0.467. The van der Waals surface area contributed by atoms with E-state index in [2.05, 4.69) is 5.32 Å². The van der Waals surface area contributed by atoms with Crippen molar-refractivity contribution in [2.45, 2.75) is 19.4 Å². The van der Waals surface area contributed by atoms with Crippen LogP contribution in [0.2, 0.25) is 0 Å². The molecule has 0 radical (unpaired) electrons. The number of anilines is 2. The Morgan fingerprint density at radius 3 is 2.40 bits per heavy atom. The van der Waals surface area contributed by atoms with Gasteiger partial charge in [-0.2, -0.15) is 0 Å². The number of halogens is 1. The third-order valence-corrected chi connectivity index (χ3v) is 3.12. The molecule has 3 nitrogen and oxygen atoms in total. The fourth-order valence-electron chi connectivity index (χ4n) is 2.05. The predicted octanol–water partition coefficient (Wildman–Crippen LogP) is 3.40. The highest BCUT2D eigenvalue weighted by Gasteiger charge is 2.06. The lowest BCUT2D eigenvalue weighted by molar-refractivity contribution is 0.200. The van der Waals surface area contributed by atoms with Crippen molar-refractivity contribution in [3.63, 3.8) is 0 Å². The predicted molar refractivity (Wildman–Crippen MR) is 87.4 cm³/mol. The monoisotopic (exact) mass is 292 g/mol. The molecule has 0 heterocycles. The van der Waals surface area contributed by atoms with Crippen LogP contribution in [0, 0.1) is 0 Å². The zero-order valence-corrected chi connectivity index (χ0v) is 12.4. The molecule has 0 fully saturated rings. The van der Waals surface area contributed by atoms with Gasteiger partial charge in [0.2, 0.25) is 0 Å². The zero-order valence-electron chi connectivity index (χ0n) is 11.5. The Labute approximate surface area is 126 Å². The Balaban J connectivity index is 0.00000200. The first kappa shape index (κ1) is 16.3. The van der Waals surface area contributed by atoms with E-state index in [0.29, 0.717) is 0 Å². The standard InChI is InChI=1S/C16H20N2O.ClH/c1-12(19)15-4-2-3-5-16(15)18-11-10-13-6-8-14(17)9-7-13;/h2-9,12,18-19H,10-11,17H2,1H3;1H/t12-;/m1./s1. The highest BCUT2D eigenvalue weighted by atomic mass is 35.5. The van der Waals surface area contributed by atoms with Gasteiger partial charge in [0.05, 0.1) is 6.10 Å². The van der Waals surface area contributed by atoms with Gasteiger partial charge in [0.25, 0.3) is 0 Å². The molecule has 0 unspecified atom stereocenters. The molecular weight excluding hydrogens is 272 g/mol. The summed E-state index contributed by atoms with van der Waals surface area (Å²) in [6, 6.07) is 15.7. The maximum Gasteiger partial charge on any atom is 0.0781 e. The van der Waals surface area contributed by atoms with Gasteiger partial charge in [-0.1, -0.05) is 30.3 Å². The largest absolute Gasteiger partial charge is 0.399 e. The Hall–Kier alpha value is -1.71. The van der Waals surface area contributed by atoms with Crippen LogP contribution in [0.25, 0.3) is 0 Å². The summed E-state index contributed by atoms with van der Waals surface area (Å²) in [7, 11) is 0. The van der Waals surface area contributed by atoms with Crippen molar-refractivity contribution >= 4 is 23.8 Å². The summed E-state index contributed by atoms with van der Waals surface area (Å²) in [5, 5.41) is 13.1. The number of nitrogens with two attached hydrogens (primary N) is 1. The lowest BCUT2D eigenvalue weighted by Gasteiger charge is -2.13. The lowest BCUT2D eigenvalue weighted by Crippen LogP contribution is -2.08. The van der Waals surface area contributed by atoms with Gasteiger partial charge in [-0.3, -0.25) is 0 Å². The van der Waals surface area contributed by atoms with Crippen LogP contribution >= 0.6 is 12.4 Å². The first-order valence-electron chi connectivity index (χ1n) is 6.52. The fraction of sp³-hybridized carbons (Fsp3) is 0.250. The summed E-state index contributed by atoms with van der Waals surface area (Å²) < 4.78 is 0. The van der Waals surface area contributed by atoms with E-state index in [1.165, 1.54) is 5.56 Å². The topological polar surface area (TPSA) is 58.3 Å². The fourth-order valence-corrected chi connectivity index (χ4v) is 2.05. The molecule has 2 aromatic rings. The summed E-state index contributed by atoms with van der Waals surface area (Å²) in [5.74, 6) is 0. The summed E-state index contributed by atoms with van der Waals surface area (Å²) in [6.45, 7) is 2.61. The smallest absolute Gasteiger partial charge is 0.0781 e. The van der Waals surface area contributed by atoms with E-state index < -0.39 is 6.10 Å². The highest BCUT2D eigenvalue weighted by molar-refractivity contribution is 5.85. The van der Waals surface area contributed by atoms with Crippen LogP contribution in [0.1, 0.15) is 24.2 Å². The van der Waals surface area contributed by atoms with Crippen molar-refractivity contribution < 1.29 is 5.11 Å². The zero-order chi connectivity index (χ0) is 13.7. The van der Waals surface area contributed by atoms with E-state index in [1.807, 2.05) is 48.5 Å². The van der Waals surface area contributed by atoms with E-state index in [4.69, 9.17) is 5.73 Å². The van der Waals surface area contributed by atoms with Crippen molar-refractivity contribution in [2.24, 2.45) is 0 Å². The number of aliphatic hydroxyl groups excluding tert-OH is 1. The molecule has 0 spiro atoms. The summed E-state index contributed by atoms with van der Waals surface area (Å²) in [4.78, 5) is 0. The van der Waals surface area contributed by atoms with Gasteiger partial charge in [-0.25, -0.2) is 0 Å². The minimum atomic E-state index is -0.458. The Bertz CT molecular complexity index is 526. The second kappa shape index (κ2) is 7.78. The molecule has 1 atom stereocenters. The second-order valence-corrected chi connectivity index (χ2v) is 4.68. The molecule has 0 amide bonds. The molecular formula is C16H21ClN2O. The van der Waals surface area contributed by atoms with E-state index in [9.17, 15) is 5.11 Å². The van der Waals surface area contributed by atoms with Gasteiger partial charge in [-0.15, -0.1) is 12.4 Å². The van der Waals surface area contributed by atoms with Gasteiger partial charge < -0.3 is 16.2 Å². The number of rotatable bonds is 5.